The van der Waals surface area contributed by atoms with Crippen molar-refractivity contribution in [1.82, 2.24) is 0 Å². The summed E-state index contributed by atoms with van der Waals surface area (Å²) in [7, 11) is 0. The molecule has 1 spiro atoms. The van der Waals surface area contributed by atoms with Gasteiger partial charge in [0.1, 0.15) is 29.8 Å². The smallest absolute Gasteiger partial charge is 0.303 e. The molecule has 9 heteroatoms. The van der Waals surface area contributed by atoms with Crippen LogP contribution in [0.2, 0.25) is 0 Å². The first-order valence-corrected chi connectivity index (χ1v) is 11.5. The van der Waals surface area contributed by atoms with E-state index in [1.807, 2.05) is 6.92 Å². The summed E-state index contributed by atoms with van der Waals surface area (Å²) >= 11 is 0. The normalized spacial score (nSPS) is 42.0. The zero-order valence-electron chi connectivity index (χ0n) is 19.1. The molecule has 2 aliphatic carbocycles. The number of Topliss-reactive ketones (excluding diaryl/α,β-unsaturated/α-hetero) is 1. The maximum absolute atomic E-state index is 14.0. The average Bonchev–Trinajstić information content (AvgIpc) is 3.25. The Bertz CT molecular complexity index is 951. The van der Waals surface area contributed by atoms with E-state index < -0.39 is 46.9 Å². The van der Waals surface area contributed by atoms with E-state index in [-0.39, 0.29) is 30.6 Å². The monoisotopic (exact) mass is 462 g/mol. The number of ketones is 1. The van der Waals surface area contributed by atoms with Crippen LogP contribution in [-0.4, -0.2) is 54.0 Å². The van der Waals surface area contributed by atoms with Crippen molar-refractivity contribution in [2.45, 2.75) is 70.6 Å². The molecular formula is C24H30O9. The van der Waals surface area contributed by atoms with Crippen LogP contribution in [0, 0.1) is 22.7 Å². The number of ether oxygens (including phenoxy) is 4. The second-order valence-electron chi connectivity index (χ2n) is 10.0. The summed E-state index contributed by atoms with van der Waals surface area (Å²) in [5, 5.41) is 11.4. The fourth-order valence-corrected chi connectivity index (χ4v) is 7.07. The summed E-state index contributed by atoms with van der Waals surface area (Å²) in [6, 6.07) is 1.72. The molecule has 4 fully saturated rings. The lowest BCUT2D eigenvalue weighted by atomic mass is 9.43. The molecule has 2 saturated carbocycles. The Kier molecular flexibility index (Phi) is 5.23. The van der Waals surface area contributed by atoms with Crippen molar-refractivity contribution in [2.24, 2.45) is 22.7 Å². The number of furan rings is 1. The molecule has 0 amide bonds. The lowest BCUT2D eigenvalue weighted by Gasteiger charge is -2.58. The van der Waals surface area contributed by atoms with Crippen LogP contribution in [0.1, 0.15) is 58.1 Å². The average molecular weight is 462 g/mol. The number of carbonyl (C=O) groups excluding carboxylic acids is 3. The molecule has 1 unspecified atom stereocenters. The molecule has 1 aromatic rings. The third kappa shape index (κ3) is 3.05. The Labute approximate surface area is 191 Å². The molecule has 8 atom stereocenters. The highest BCUT2D eigenvalue weighted by atomic mass is 16.6. The Morgan fingerprint density at radius 3 is 2.67 bits per heavy atom. The fourth-order valence-electron chi connectivity index (χ4n) is 7.07. The summed E-state index contributed by atoms with van der Waals surface area (Å²) in [5.41, 5.74) is -2.11. The van der Waals surface area contributed by atoms with E-state index in [0.29, 0.717) is 25.0 Å². The Balaban J connectivity index is 1.63. The number of hydrogen-bond acceptors (Lipinski definition) is 9. The lowest BCUT2D eigenvalue weighted by molar-refractivity contribution is -0.199. The van der Waals surface area contributed by atoms with Gasteiger partial charge in [-0.15, -0.1) is 0 Å². The van der Waals surface area contributed by atoms with Crippen LogP contribution in [0.3, 0.4) is 0 Å². The first kappa shape index (κ1) is 22.6. The number of epoxide rings is 1. The molecule has 2 bridgehead atoms. The number of aliphatic hydroxyl groups is 1. The minimum absolute atomic E-state index is 0.114. The van der Waals surface area contributed by atoms with Crippen molar-refractivity contribution in [2.75, 3.05) is 13.2 Å². The topological polar surface area (TPSA) is 125 Å². The third-order valence-electron chi connectivity index (χ3n) is 8.62. The molecule has 3 heterocycles. The number of aliphatic hydroxyl groups excluding tert-OH is 1. The van der Waals surface area contributed by atoms with Gasteiger partial charge in [-0.1, -0.05) is 13.3 Å². The molecule has 180 valence electrons. The molecule has 1 aromatic heterocycles. The van der Waals surface area contributed by atoms with Crippen LogP contribution in [0.5, 0.6) is 0 Å². The van der Waals surface area contributed by atoms with Crippen LogP contribution in [0.15, 0.2) is 23.0 Å². The second-order valence-corrected chi connectivity index (χ2v) is 10.0. The number of fused-ring (bicyclic) bond motifs is 5. The van der Waals surface area contributed by atoms with Crippen LogP contribution in [0.4, 0.5) is 0 Å². The lowest BCUT2D eigenvalue weighted by Crippen LogP contribution is -2.68. The molecule has 1 N–H and O–H groups in total. The van der Waals surface area contributed by atoms with E-state index >= 15 is 0 Å². The van der Waals surface area contributed by atoms with Crippen LogP contribution in [-0.2, 0) is 33.3 Å². The SMILES string of the molecule is CC(=O)OC[C@@]12C(=O)[C@H]3OC(O)[C@](C[C@H](OC(C)=O)c4ccoc4)([C@@H]3C)[C@H]1CCC[C@]21CO1. The molecule has 2 aliphatic heterocycles. The molecule has 9 nitrogen and oxygen atoms in total. The number of carbonyl (C=O) groups is 3. The predicted molar refractivity (Wildman–Crippen MR) is 110 cm³/mol. The Morgan fingerprint density at radius 2 is 2.06 bits per heavy atom. The Hall–Kier alpha value is -2.23. The van der Waals surface area contributed by atoms with Crippen molar-refractivity contribution in [3.8, 4) is 0 Å². The van der Waals surface area contributed by atoms with Gasteiger partial charge in [0.05, 0.1) is 19.1 Å². The van der Waals surface area contributed by atoms with E-state index in [2.05, 4.69) is 0 Å². The fraction of sp³-hybridized carbons (Fsp3) is 0.708. The largest absolute Gasteiger partial charge is 0.472 e. The molecule has 0 aromatic carbocycles. The molecular weight excluding hydrogens is 432 g/mol. The van der Waals surface area contributed by atoms with Gasteiger partial charge in [0.25, 0.3) is 0 Å². The van der Waals surface area contributed by atoms with E-state index in [9.17, 15) is 19.5 Å². The van der Waals surface area contributed by atoms with Gasteiger partial charge in [0, 0.05) is 30.7 Å². The molecule has 33 heavy (non-hydrogen) atoms. The number of hydrogen-bond donors (Lipinski definition) is 1. The maximum atomic E-state index is 14.0. The summed E-state index contributed by atoms with van der Waals surface area (Å²) in [4.78, 5) is 37.8. The highest BCUT2D eigenvalue weighted by molar-refractivity contribution is 5.93. The van der Waals surface area contributed by atoms with E-state index in [1.54, 1.807) is 6.07 Å². The van der Waals surface area contributed by atoms with Gasteiger partial charge in [-0.05, 0) is 31.2 Å². The maximum Gasteiger partial charge on any atom is 0.303 e. The van der Waals surface area contributed by atoms with E-state index in [0.717, 1.165) is 6.42 Å². The number of rotatable bonds is 6. The van der Waals surface area contributed by atoms with Gasteiger partial charge in [-0.3, -0.25) is 14.4 Å². The molecule has 2 saturated heterocycles. The van der Waals surface area contributed by atoms with Crippen molar-refractivity contribution in [3.05, 3.63) is 24.2 Å². The van der Waals surface area contributed by atoms with E-state index in [1.165, 1.54) is 26.4 Å². The minimum Gasteiger partial charge on any atom is -0.472 e. The van der Waals surface area contributed by atoms with Gasteiger partial charge in [-0.2, -0.15) is 0 Å². The van der Waals surface area contributed by atoms with Gasteiger partial charge in [0.2, 0.25) is 0 Å². The van der Waals surface area contributed by atoms with Gasteiger partial charge >= 0.3 is 11.9 Å². The van der Waals surface area contributed by atoms with Crippen molar-refractivity contribution in [1.29, 1.82) is 0 Å². The Morgan fingerprint density at radius 1 is 1.30 bits per heavy atom. The quantitative estimate of drug-likeness (QED) is 0.501. The zero-order chi connectivity index (χ0) is 23.6. The first-order chi connectivity index (χ1) is 15.7. The summed E-state index contributed by atoms with van der Waals surface area (Å²) in [5.74, 6) is -1.83. The summed E-state index contributed by atoms with van der Waals surface area (Å²) in [6.45, 7) is 4.84. The molecule has 5 rings (SSSR count). The highest BCUT2D eigenvalue weighted by Crippen LogP contribution is 2.71. The van der Waals surface area contributed by atoms with Crippen LogP contribution >= 0.6 is 0 Å². The molecule has 0 radical (unpaired) electrons. The zero-order valence-corrected chi connectivity index (χ0v) is 19.1. The standard InChI is InChI=1S/C24H30O9/c1-13-19-20(27)24(12-30-14(2)25)18(5-4-7-22(24)11-31-22)23(13,21(28)33-19)9-17(32-15(3)26)16-6-8-29-10-16/h6,8,10,13,17-19,21,28H,4-5,7,9,11-12H2,1-3H3/t13-,17+,18-,19+,21?,22+,23-,24+/m1/s1. The highest BCUT2D eigenvalue weighted by Gasteiger charge is 2.81. The minimum atomic E-state index is -1.25. The van der Waals surface area contributed by atoms with Crippen molar-refractivity contribution < 1.29 is 42.9 Å². The summed E-state index contributed by atoms with van der Waals surface area (Å²) < 4.78 is 28.3. The third-order valence-corrected chi connectivity index (χ3v) is 8.62. The van der Waals surface area contributed by atoms with Crippen LogP contribution < -0.4 is 0 Å². The summed E-state index contributed by atoms with van der Waals surface area (Å²) in [6.07, 6.45) is 2.56. The van der Waals surface area contributed by atoms with Gasteiger partial charge in [0.15, 0.2) is 12.1 Å². The van der Waals surface area contributed by atoms with Crippen molar-refractivity contribution in [3.63, 3.8) is 0 Å². The van der Waals surface area contributed by atoms with Crippen molar-refractivity contribution >= 4 is 17.7 Å². The first-order valence-electron chi connectivity index (χ1n) is 11.5. The second kappa shape index (κ2) is 7.65. The molecule has 4 aliphatic rings. The van der Waals surface area contributed by atoms with Gasteiger partial charge in [-0.25, -0.2) is 0 Å². The van der Waals surface area contributed by atoms with Gasteiger partial charge < -0.3 is 28.5 Å². The van der Waals surface area contributed by atoms with Crippen LogP contribution in [0.25, 0.3) is 0 Å². The number of esters is 2. The predicted octanol–water partition coefficient (Wildman–Crippen LogP) is 2.31. The van der Waals surface area contributed by atoms with E-state index in [4.69, 9.17) is 23.4 Å².